The molecule has 0 radical (unpaired) electrons. The van der Waals surface area contributed by atoms with Gasteiger partial charge in [0.05, 0.1) is 23.9 Å². The van der Waals surface area contributed by atoms with Gasteiger partial charge in [-0.15, -0.1) is 0 Å². The van der Waals surface area contributed by atoms with Crippen LogP contribution in [0.1, 0.15) is 17.0 Å². The van der Waals surface area contributed by atoms with Crippen molar-refractivity contribution in [2.75, 3.05) is 18.0 Å². The van der Waals surface area contributed by atoms with E-state index in [4.69, 9.17) is 4.74 Å². The molecule has 0 bridgehead atoms. The number of rotatable bonds is 9. The molecule has 0 unspecified atom stereocenters. The van der Waals surface area contributed by atoms with Crippen LogP contribution in [-0.2, 0) is 14.8 Å². The van der Waals surface area contributed by atoms with E-state index in [0.29, 0.717) is 11.4 Å². The number of methoxy groups -OCH3 is 1. The molecular formula is C28H27BrN4O4S. The molecule has 0 spiro atoms. The number of aryl methyl sites for hydroxylation is 1. The molecule has 0 aliphatic rings. The molecular weight excluding hydrogens is 568 g/mol. The average Bonchev–Trinajstić information content (AvgIpc) is 3.20. The van der Waals surface area contributed by atoms with Gasteiger partial charge >= 0.3 is 0 Å². The number of ether oxygens (including phenoxy) is 1. The van der Waals surface area contributed by atoms with Gasteiger partial charge in [0, 0.05) is 27.1 Å². The summed E-state index contributed by atoms with van der Waals surface area (Å²) in [6, 6.07) is 24.4. The van der Waals surface area contributed by atoms with Gasteiger partial charge in [-0.1, -0.05) is 34.1 Å². The number of hydrazone groups is 1. The molecule has 1 heterocycles. The summed E-state index contributed by atoms with van der Waals surface area (Å²) in [6.45, 7) is 3.50. The van der Waals surface area contributed by atoms with Crippen LogP contribution in [0.15, 0.2) is 99.4 Å². The molecule has 0 aliphatic carbocycles. The molecule has 0 atom stereocenters. The lowest BCUT2D eigenvalue weighted by Gasteiger charge is -2.23. The summed E-state index contributed by atoms with van der Waals surface area (Å²) in [6.07, 6.45) is 1.55. The Kier molecular flexibility index (Phi) is 8.33. The number of benzene rings is 3. The van der Waals surface area contributed by atoms with Crippen molar-refractivity contribution in [3.63, 3.8) is 0 Å². The third kappa shape index (κ3) is 5.98. The summed E-state index contributed by atoms with van der Waals surface area (Å²) in [7, 11) is -2.49. The average molecular weight is 596 g/mol. The molecule has 0 aliphatic heterocycles. The molecule has 0 saturated heterocycles. The number of sulfonamides is 1. The molecule has 10 heteroatoms. The lowest BCUT2D eigenvalue weighted by atomic mass is 10.2. The molecule has 196 valence electrons. The lowest BCUT2D eigenvalue weighted by Crippen LogP contribution is -2.39. The number of hydrogen-bond acceptors (Lipinski definition) is 5. The van der Waals surface area contributed by atoms with Crippen molar-refractivity contribution in [2.24, 2.45) is 5.10 Å². The fraction of sp³-hybridized carbons (Fsp3) is 0.143. The summed E-state index contributed by atoms with van der Waals surface area (Å²) >= 11 is 3.45. The number of anilines is 1. The number of carbonyl (C=O) groups is 1. The van der Waals surface area contributed by atoms with Gasteiger partial charge in [-0.05, 0) is 80.6 Å². The molecule has 8 nitrogen and oxygen atoms in total. The van der Waals surface area contributed by atoms with Gasteiger partial charge in [-0.2, -0.15) is 5.10 Å². The SMILES string of the molecule is COc1ccc(N(CC(=O)N/N=C\c2cc(C)n(-c3ccc(Br)cc3)c2C)S(=O)(=O)c2ccccc2)cc1. The Labute approximate surface area is 230 Å². The van der Waals surface area contributed by atoms with Gasteiger partial charge in [0.25, 0.3) is 15.9 Å². The lowest BCUT2D eigenvalue weighted by molar-refractivity contribution is -0.119. The Hall–Kier alpha value is -3.89. The van der Waals surface area contributed by atoms with Crippen molar-refractivity contribution >= 4 is 43.8 Å². The molecule has 1 amide bonds. The standard InChI is InChI=1S/C28H27BrN4O4S/c1-20-17-22(21(2)33(20)25-11-9-23(29)10-12-25)18-30-31-28(34)19-32(24-13-15-26(37-3)16-14-24)38(35,36)27-7-5-4-6-8-27/h4-18H,19H2,1-3H3,(H,31,34)/b30-18-. The van der Waals surface area contributed by atoms with Crippen LogP contribution in [0.3, 0.4) is 0 Å². The highest BCUT2D eigenvalue weighted by molar-refractivity contribution is 9.10. The van der Waals surface area contributed by atoms with E-state index in [1.54, 1.807) is 48.7 Å². The summed E-state index contributed by atoms with van der Waals surface area (Å²) in [5.41, 5.74) is 6.59. The van der Waals surface area contributed by atoms with Gasteiger partial charge in [-0.3, -0.25) is 9.10 Å². The maximum atomic E-state index is 13.4. The van der Waals surface area contributed by atoms with E-state index in [1.807, 2.05) is 44.2 Å². The molecule has 1 N–H and O–H groups in total. The van der Waals surface area contributed by atoms with Gasteiger partial charge in [-0.25, -0.2) is 13.8 Å². The van der Waals surface area contributed by atoms with Crippen LogP contribution < -0.4 is 14.5 Å². The minimum Gasteiger partial charge on any atom is -0.497 e. The minimum atomic E-state index is -4.02. The van der Waals surface area contributed by atoms with Crippen molar-refractivity contribution in [2.45, 2.75) is 18.7 Å². The zero-order chi connectivity index (χ0) is 27.3. The molecule has 3 aromatic carbocycles. The van der Waals surface area contributed by atoms with Crippen LogP contribution >= 0.6 is 15.9 Å². The van der Waals surface area contributed by atoms with Gasteiger partial charge in [0.15, 0.2) is 0 Å². The van der Waals surface area contributed by atoms with Crippen molar-refractivity contribution in [1.29, 1.82) is 0 Å². The van der Waals surface area contributed by atoms with E-state index in [2.05, 4.69) is 31.0 Å². The Morgan fingerprint density at radius 1 is 1.03 bits per heavy atom. The van der Waals surface area contributed by atoms with E-state index in [0.717, 1.165) is 31.4 Å². The van der Waals surface area contributed by atoms with Crippen LogP contribution in [0.25, 0.3) is 5.69 Å². The Balaban J connectivity index is 1.54. The third-order valence-corrected chi connectivity index (χ3v) is 8.24. The van der Waals surface area contributed by atoms with Crippen LogP contribution in [0.4, 0.5) is 5.69 Å². The number of hydrogen-bond donors (Lipinski definition) is 1. The second kappa shape index (κ2) is 11.7. The second-order valence-electron chi connectivity index (χ2n) is 8.45. The molecule has 0 fully saturated rings. The minimum absolute atomic E-state index is 0.0764. The molecule has 38 heavy (non-hydrogen) atoms. The van der Waals surface area contributed by atoms with E-state index in [9.17, 15) is 13.2 Å². The van der Waals surface area contributed by atoms with E-state index >= 15 is 0 Å². The summed E-state index contributed by atoms with van der Waals surface area (Å²) in [5, 5.41) is 4.11. The van der Waals surface area contributed by atoms with E-state index in [1.165, 1.54) is 19.2 Å². The molecule has 0 saturated carbocycles. The first-order valence-electron chi connectivity index (χ1n) is 11.7. The first-order chi connectivity index (χ1) is 18.2. The topological polar surface area (TPSA) is 93.0 Å². The predicted molar refractivity (Wildman–Crippen MR) is 153 cm³/mol. The van der Waals surface area contributed by atoms with Crippen LogP contribution in [0, 0.1) is 13.8 Å². The quantitative estimate of drug-likeness (QED) is 0.213. The normalized spacial score (nSPS) is 11.5. The third-order valence-electron chi connectivity index (χ3n) is 5.93. The second-order valence-corrected chi connectivity index (χ2v) is 11.2. The van der Waals surface area contributed by atoms with Crippen molar-refractivity contribution in [1.82, 2.24) is 9.99 Å². The Bertz CT molecular complexity index is 1550. The van der Waals surface area contributed by atoms with Crippen LogP contribution in [0.5, 0.6) is 5.75 Å². The highest BCUT2D eigenvalue weighted by Gasteiger charge is 2.27. The summed E-state index contributed by atoms with van der Waals surface area (Å²) in [4.78, 5) is 12.9. The Morgan fingerprint density at radius 2 is 1.68 bits per heavy atom. The van der Waals surface area contributed by atoms with Crippen molar-refractivity contribution in [3.8, 4) is 11.4 Å². The van der Waals surface area contributed by atoms with Crippen LogP contribution in [-0.4, -0.2) is 38.8 Å². The largest absolute Gasteiger partial charge is 0.497 e. The summed E-state index contributed by atoms with van der Waals surface area (Å²) < 4.78 is 36.2. The highest BCUT2D eigenvalue weighted by atomic mass is 79.9. The number of aromatic nitrogens is 1. The monoisotopic (exact) mass is 594 g/mol. The number of nitrogens with zero attached hydrogens (tertiary/aromatic N) is 3. The van der Waals surface area contributed by atoms with Crippen molar-refractivity contribution < 1.29 is 17.9 Å². The maximum absolute atomic E-state index is 13.4. The predicted octanol–water partition coefficient (Wildman–Crippen LogP) is 5.21. The Morgan fingerprint density at radius 3 is 2.32 bits per heavy atom. The molecule has 4 aromatic rings. The van der Waals surface area contributed by atoms with Gasteiger partial charge in [0.2, 0.25) is 0 Å². The number of amides is 1. The number of nitrogens with one attached hydrogen (secondary N) is 1. The molecule has 1 aromatic heterocycles. The smallest absolute Gasteiger partial charge is 0.264 e. The number of halogens is 1. The fourth-order valence-corrected chi connectivity index (χ4v) is 5.73. The fourth-order valence-electron chi connectivity index (χ4n) is 4.03. The first-order valence-corrected chi connectivity index (χ1v) is 13.9. The molecule has 4 rings (SSSR count). The zero-order valence-corrected chi connectivity index (χ0v) is 23.5. The van der Waals surface area contributed by atoms with Crippen molar-refractivity contribution in [3.05, 3.63) is 106 Å². The van der Waals surface area contributed by atoms with E-state index < -0.39 is 22.5 Å². The van der Waals surface area contributed by atoms with Gasteiger partial charge in [0.1, 0.15) is 12.3 Å². The first kappa shape index (κ1) is 27.2. The number of carbonyl (C=O) groups excluding carboxylic acids is 1. The summed E-state index contributed by atoms with van der Waals surface area (Å²) in [5.74, 6) is -0.0149. The van der Waals surface area contributed by atoms with E-state index in [-0.39, 0.29) is 4.90 Å². The highest BCUT2D eigenvalue weighted by Crippen LogP contribution is 2.26. The van der Waals surface area contributed by atoms with Gasteiger partial charge < -0.3 is 9.30 Å². The zero-order valence-electron chi connectivity index (χ0n) is 21.1. The van der Waals surface area contributed by atoms with Crippen LogP contribution in [0.2, 0.25) is 0 Å². The maximum Gasteiger partial charge on any atom is 0.264 e.